The second-order valence-electron chi connectivity index (χ2n) is 9.59. The van der Waals surface area contributed by atoms with Crippen LogP contribution in [0.2, 0.25) is 0 Å². The maximum absolute atomic E-state index is 15.2. The van der Waals surface area contributed by atoms with Crippen LogP contribution >= 0.6 is 0 Å². The number of halogens is 2. The minimum Gasteiger partial charge on any atom is -0.491 e. The number of hydrogen-bond donors (Lipinski definition) is 0. The molecule has 0 saturated carbocycles. The Kier molecular flexibility index (Phi) is 7.98. The quantitative estimate of drug-likeness (QED) is 0.200. The van der Waals surface area contributed by atoms with Gasteiger partial charge in [-0.15, -0.1) is 0 Å². The van der Waals surface area contributed by atoms with Gasteiger partial charge in [0.05, 0.1) is 25.3 Å². The molecule has 5 aromatic rings. The number of methoxy groups -OCH3 is 2. The number of fused-ring (bicyclic) bond motifs is 1. The largest absolute Gasteiger partial charge is 0.491 e. The average Bonchev–Trinajstić information content (AvgIpc) is 2.98. The van der Waals surface area contributed by atoms with Crippen LogP contribution in [0.5, 0.6) is 23.1 Å². The molecule has 0 aliphatic rings. The highest BCUT2D eigenvalue weighted by Gasteiger charge is 2.23. The third-order valence-corrected chi connectivity index (χ3v) is 6.83. The van der Waals surface area contributed by atoms with Crippen LogP contribution in [0.25, 0.3) is 16.7 Å². The lowest BCUT2D eigenvalue weighted by molar-refractivity contribution is 0.0990. The molecule has 9 nitrogen and oxygen atoms in total. The smallest absolute Gasteiger partial charge is 0.266 e. The molecule has 0 N–H and O–H groups in total. The minimum absolute atomic E-state index is 0.131. The lowest BCUT2D eigenvalue weighted by Gasteiger charge is -2.14. The van der Waals surface area contributed by atoms with Gasteiger partial charge in [-0.1, -0.05) is 6.07 Å². The Hall–Kier alpha value is -5.45. The molecule has 0 aliphatic carbocycles. The van der Waals surface area contributed by atoms with Crippen molar-refractivity contribution in [1.29, 1.82) is 0 Å². The number of aromatic nitrogens is 3. The number of ketones is 2. The maximum Gasteiger partial charge on any atom is 0.266 e. The Balaban J connectivity index is 1.46. The lowest BCUT2D eigenvalue weighted by Crippen LogP contribution is -2.29. The van der Waals surface area contributed by atoms with Gasteiger partial charge in [-0.2, -0.15) is 0 Å². The molecular weight excluding hydrogens is 560 g/mol. The van der Waals surface area contributed by atoms with Gasteiger partial charge in [-0.25, -0.2) is 13.8 Å². The van der Waals surface area contributed by atoms with E-state index in [2.05, 4.69) is 9.97 Å². The highest BCUT2D eigenvalue weighted by molar-refractivity contribution is 6.03. The van der Waals surface area contributed by atoms with Gasteiger partial charge in [0.15, 0.2) is 34.6 Å². The first-order chi connectivity index (χ1) is 20.6. The SMILES string of the molecule is COc1cc2nccc(Oc3ccc(CC(=O)c4c(C)c(C(C)=O)cn(-c5ccc(F)cc5)c4=O)cc3F)c2nc1OC. The number of Topliss-reactive ketones (excluding diaryl/α,β-unsaturated/α-hetero) is 2. The van der Waals surface area contributed by atoms with Crippen LogP contribution in [0.4, 0.5) is 8.78 Å². The molecular formula is C32H25F2N3O6. The molecule has 0 amide bonds. The summed E-state index contributed by atoms with van der Waals surface area (Å²) < 4.78 is 46.2. The summed E-state index contributed by atoms with van der Waals surface area (Å²) in [6.45, 7) is 2.83. The summed E-state index contributed by atoms with van der Waals surface area (Å²) in [7, 11) is 2.90. The average molecular weight is 586 g/mol. The zero-order valence-electron chi connectivity index (χ0n) is 23.6. The second-order valence-corrected chi connectivity index (χ2v) is 9.59. The molecule has 0 atom stereocenters. The summed E-state index contributed by atoms with van der Waals surface area (Å²) in [4.78, 5) is 47.8. The molecule has 43 heavy (non-hydrogen) atoms. The molecule has 0 radical (unpaired) electrons. The van der Waals surface area contributed by atoms with Gasteiger partial charge in [-0.05, 0) is 61.4 Å². The topological polar surface area (TPSA) is 110 Å². The first-order valence-corrected chi connectivity index (χ1v) is 13.0. The summed E-state index contributed by atoms with van der Waals surface area (Å²) in [6.07, 6.45) is 2.49. The van der Waals surface area contributed by atoms with E-state index in [9.17, 15) is 18.8 Å². The van der Waals surface area contributed by atoms with Crippen molar-refractivity contribution in [2.75, 3.05) is 14.2 Å². The normalized spacial score (nSPS) is 10.9. The maximum atomic E-state index is 15.2. The van der Waals surface area contributed by atoms with E-state index in [0.29, 0.717) is 16.8 Å². The van der Waals surface area contributed by atoms with Gasteiger partial charge in [0.1, 0.15) is 11.3 Å². The number of hydrogen-bond acceptors (Lipinski definition) is 8. The predicted octanol–water partition coefficient (Wildman–Crippen LogP) is 5.80. The Morgan fingerprint density at radius 1 is 0.930 bits per heavy atom. The zero-order valence-corrected chi connectivity index (χ0v) is 23.6. The molecule has 5 rings (SSSR count). The number of nitrogens with zero attached hydrogens (tertiary/aromatic N) is 3. The summed E-state index contributed by atoms with van der Waals surface area (Å²) in [5.74, 6) is -1.58. The fourth-order valence-corrected chi connectivity index (χ4v) is 4.69. The number of carbonyl (C=O) groups excluding carboxylic acids is 2. The molecule has 3 heterocycles. The van der Waals surface area contributed by atoms with Crippen molar-refractivity contribution in [1.82, 2.24) is 14.5 Å². The molecule has 2 aromatic carbocycles. The van der Waals surface area contributed by atoms with Gasteiger partial charge < -0.3 is 14.2 Å². The number of benzene rings is 2. The van der Waals surface area contributed by atoms with E-state index in [1.54, 1.807) is 6.07 Å². The summed E-state index contributed by atoms with van der Waals surface area (Å²) >= 11 is 0. The van der Waals surface area contributed by atoms with Crippen LogP contribution in [-0.4, -0.2) is 40.3 Å². The standard InChI is InChI=1S/C32H25F2N3O6/c1-17-22(18(2)38)16-37(21-8-6-20(33)7-9-21)32(40)29(17)25(39)14-19-5-10-26(23(34)13-19)43-27-11-12-35-24-15-28(41-3)31(42-4)36-30(24)27/h5-13,15-16H,14H2,1-4H3. The molecule has 0 spiro atoms. The molecule has 11 heteroatoms. The number of ether oxygens (including phenoxy) is 3. The Morgan fingerprint density at radius 3 is 2.33 bits per heavy atom. The van der Waals surface area contributed by atoms with Gasteiger partial charge in [0.2, 0.25) is 0 Å². The van der Waals surface area contributed by atoms with Crippen LogP contribution < -0.4 is 19.8 Å². The second kappa shape index (κ2) is 11.8. The fraction of sp³-hybridized carbons (Fsp3) is 0.156. The van der Waals surface area contributed by atoms with E-state index < -0.39 is 23.0 Å². The van der Waals surface area contributed by atoms with E-state index in [1.807, 2.05) is 0 Å². The molecule has 3 aromatic heterocycles. The molecule has 0 bridgehead atoms. The van der Waals surface area contributed by atoms with Crippen molar-refractivity contribution >= 4 is 22.6 Å². The number of pyridine rings is 3. The van der Waals surface area contributed by atoms with E-state index >= 15 is 4.39 Å². The van der Waals surface area contributed by atoms with Crippen molar-refractivity contribution in [2.24, 2.45) is 0 Å². The number of carbonyl (C=O) groups is 2. The van der Waals surface area contributed by atoms with E-state index in [1.165, 1.54) is 82.9 Å². The molecule has 0 unspecified atom stereocenters. The third kappa shape index (κ3) is 5.69. The Bertz CT molecular complexity index is 1950. The molecule has 0 fully saturated rings. The molecule has 0 saturated heterocycles. The van der Waals surface area contributed by atoms with E-state index in [0.717, 1.165) is 10.6 Å². The van der Waals surface area contributed by atoms with Crippen molar-refractivity contribution in [3.05, 3.63) is 111 Å². The van der Waals surface area contributed by atoms with Gasteiger partial charge >= 0.3 is 0 Å². The Labute approximate surface area is 244 Å². The highest BCUT2D eigenvalue weighted by atomic mass is 19.1. The van der Waals surface area contributed by atoms with E-state index in [-0.39, 0.29) is 57.5 Å². The van der Waals surface area contributed by atoms with Gasteiger partial charge in [0.25, 0.3) is 11.4 Å². The van der Waals surface area contributed by atoms with Crippen molar-refractivity contribution in [3.8, 4) is 28.8 Å². The van der Waals surface area contributed by atoms with Crippen molar-refractivity contribution in [3.63, 3.8) is 0 Å². The first kappa shape index (κ1) is 29.1. The lowest BCUT2D eigenvalue weighted by atomic mass is 9.96. The molecule has 218 valence electrons. The summed E-state index contributed by atoms with van der Waals surface area (Å²) in [5, 5.41) is 0. The van der Waals surface area contributed by atoms with Crippen LogP contribution in [0.1, 0.15) is 38.8 Å². The van der Waals surface area contributed by atoms with E-state index in [4.69, 9.17) is 14.2 Å². The van der Waals surface area contributed by atoms with Crippen LogP contribution in [-0.2, 0) is 6.42 Å². The van der Waals surface area contributed by atoms with Crippen molar-refractivity contribution < 1.29 is 32.6 Å². The first-order valence-electron chi connectivity index (χ1n) is 13.0. The zero-order chi connectivity index (χ0) is 30.8. The fourth-order valence-electron chi connectivity index (χ4n) is 4.69. The minimum atomic E-state index is -0.756. The monoisotopic (exact) mass is 585 g/mol. The van der Waals surface area contributed by atoms with Crippen molar-refractivity contribution in [2.45, 2.75) is 20.3 Å². The van der Waals surface area contributed by atoms with Crippen LogP contribution in [0.3, 0.4) is 0 Å². The summed E-state index contributed by atoms with van der Waals surface area (Å²) in [6, 6.07) is 12.2. The summed E-state index contributed by atoms with van der Waals surface area (Å²) in [5.41, 5.74) is 0.800. The number of rotatable bonds is 9. The van der Waals surface area contributed by atoms with Gasteiger partial charge in [-0.3, -0.25) is 23.9 Å². The molecule has 0 aliphatic heterocycles. The Morgan fingerprint density at radius 2 is 1.67 bits per heavy atom. The third-order valence-electron chi connectivity index (χ3n) is 6.83. The van der Waals surface area contributed by atoms with Gasteiger partial charge in [0, 0.05) is 42.2 Å². The van der Waals surface area contributed by atoms with Crippen LogP contribution in [0, 0.1) is 18.6 Å². The predicted molar refractivity (Wildman–Crippen MR) is 154 cm³/mol. The van der Waals surface area contributed by atoms with Crippen LogP contribution in [0.15, 0.2) is 71.8 Å². The highest BCUT2D eigenvalue weighted by Crippen LogP contribution is 2.34.